The Balaban J connectivity index is 3.40. The van der Waals surface area contributed by atoms with Crippen molar-refractivity contribution in [2.45, 2.75) is 96.5 Å². The standard InChI is InChI=1S/C20H42NO4P/c1-2-3-4-5-6-7-8-9-10-11-12-13-14-15-20(22)16-18-25-26(23,24)19-17-21/h14-15,20,22H,2-13,16-19,21H2,1H3,(H,23,24)/b15-14+/t20-/m1/s1. The minimum atomic E-state index is -3.57. The molecule has 0 radical (unpaired) electrons. The van der Waals surface area contributed by atoms with E-state index in [0.717, 1.165) is 12.8 Å². The normalized spacial score (nSPS) is 15.4. The number of hydrogen-bond donors (Lipinski definition) is 3. The maximum absolute atomic E-state index is 11.4. The van der Waals surface area contributed by atoms with E-state index >= 15 is 0 Å². The van der Waals surface area contributed by atoms with Crippen molar-refractivity contribution in [1.29, 1.82) is 0 Å². The summed E-state index contributed by atoms with van der Waals surface area (Å²) in [5.74, 6) is 0. The van der Waals surface area contributed by atoms with Crippen LogP contribution < -0.4 is 5.73 Å². The number of aliphatic hydroxyl groups excluding tert-OH is 1. The monoisotopic (exact) mass is 391 g/mol. The number of unbranched alkanes of at least 4 members (excludes halogenated alkanes) is 11. The van der Waals surface area contributed by atoms with Gasteiger partial charge in [0.05, 0.1) is 18.9 Å². The lowest BCUT2D eigenvalue weighted by Crippen LogP contribution is -2.10. The van der Waals surface area contributed by atoms with Crippen LogP contribution in [0.4, 0.5) is 0 Å². The lowest BCUT2D eigenvalue weighted by atomic mass is 10.1. The molecule has 26 heavy (non-hydrogen) atoms. The fourth-order valence-electron chi connectivity index (χ4n) is 2.82. The van der Waals surface area contributed by atoms with Crippen molar-refractivity contribution >= 4 is 7.60 Å². The average molecular weight is 392 g/mol. The highest BCUT2D eigenvalue weighted by molar-refractivity contribution is 7.52. The van der Waals surface area contributed by atoms with Crippen molar-refractivity contribution < 1.29 is 19.1 Å². The van der Waals surface area contributed by atoms with Crippen LogP contribution in [0.25, 0.3) is 0 Å². The second kappa shape index (κ2) is 18.2. The molecule has 0 spiro atoms. The molecule has 0 aromatic heterocycles. The Morgan fingerprint density at radius 1 is 1.00 bits per heavy atom. The number of nitrogens with two attached hydrogens (primary N) is 1. The van der Waals surface area contributed by atoms with Gasteiger partial charge in [0.25, 0.3) is 0 Å². The topological polar surface area (TPSA) is 92.8 Å². The van der Waals surface area contributed by atoms with Crippen LogP contribution in [-0.2, 0) is 9.09 Å². The third-order valence-electron chi connectivity index (χ3n) is 4.45. The van der Waals surface area contributed by atoms with Crippen LogP contribution >= 0.6 is 7.60 Å². The first-order valence-corrected chi connectivity index (χ1v) is 12.3. The zero-order valence-corrected chi connectivity index (χ0v) is 17.7. The molecular formula is C20H42NO4P. The van der Waals surface area contributed by atoms with Crippen LogP contribution in [0.3, 0.4) is 0 Å². The van der Waals surface area contributed by atoms with Gasteiger partial charge in [-0.3, -0.25) is 4.57 Å². The molecule has 0 aromatic rings. The SMILES string of the molecule is CCCCCCCCCCCCC/C=C/[C@@H](O)CCOP(=O)(O)CCN. The first-order valence-electron chi connectivity index (χ1n) is 10.5. The molecule has 0 saturated carbocycles. The molecular weight excluding hydrogens is 349 g/mol. The van der Waals surface area contributed by atoms with E-state index in [2.05, 4.69) is 6.92 Å². The molecule has 0 aliphatic heterocycles. The Morgan fingerprint density at radius 3 is 2.08 bits per heavy atom. The van der Waals surface area contributed by atoms with Crippen molar-refractivity contribution in [3.05, 3.63) is 12.2 Å². The molecule has 5 nitrogen and oxygen atoms in total. The molecule has 0 aliphatic carbocycles. The molecule has 6 heteroatoms. The first-order chi connectivity index (χ1) is 12.5. The van der Waals surface area contributed by atoms with E-state index in [9.17, 15) is 14.6 Å². The van der Waals surface area contributed by atoms with Crippen molar-refractivity contribution in [3.63, 3.8) is 0 Å². The van der Waals surface area contributed by atoms with Crippen LogP contribution in [0, 0.1) is 0 Å². The van der Waals surface area contributed by atoms with Gasteiger partial charge in [-0.1, -0.05) is 83.3 Å². The molecule has 0 heterocycles. The Hall–Kier alpha value is -0.190. The van der Waals surface area contributed by atoms with E-state index in [1.165, 1.54) is 64.2 Å². The summed E-state index contributed by atoms with van der Waals surface area (Å²) >= 11 is 0. The molecule has 0 fully saturated rings. The van der Waals surface area contributed by atoms with Gasteiger partial charge in [-0.25, -0.2) is 0 Å². The molecule has 0 rings (SSSR count). The molecule has 0 amide bonds. The predicted octanol–water partition coefficient (Wildman–Crippen LogP) is 5.16. The summed E-state index contributed by atoms with van der Waals surface area (Å²) in [6.45, 7) is 2.44. The molecule has 156 valence electrons. The van der Waals surface area contributed by atoms with E-state index < -0.39 is 13.7 Å². The third-order valence-corrected chi connectivity index (χ3v) is 5.86. The fraction of sp³-hybridized carbons (Fsp3) is 0.900. The van der Waals surface area contributed by atoms with Gasteiger partial charge in [0.1, 0.15) is 0 Å². The van der Waals surface area contributed by atoms with Crippen LogP contribution in [0.2, 0.25) is 0 Å². The van der Waals surface area contributed by atoms with Gasteiger partial charge in [0, 0.05) is 13.0 Å². The molecule has 0 bridgehead atoms. The predicted molar refractivity (Wildman–Crippen MR) is 111 cm³/mol. The summed E-state index contributed by atoms with van der Waals surface area (Å²) in [5, 5.41) is 9.79. The Morgan fingerprint density at radius 2 is 1.54 bits per heavy atom. The Bertz CT molecular complexity index is 377. The number of aliphatic hydroxyl groups is 1. The van der Waals surface area contributed by atoms with Crippen molar-refractivity contribution in [2.24, 2.45) is 5.73 Å². The summed E-state index contributed by atoms with van der Waals surface area (Å²) < 4.78 is 16.3. The van der Waals surface area contributed by atoms with Gasteiger partial charge in [0.15, 0.2) is 0 Å². The molecule has 0 saturated heterocycles. The fourth-order valence-corrected chi connectivity index (χ4v) is 3.67. The summed E-state index contributed by atoms with van der Waals surface area (Å²) in [6, 6.07) is 0. The van der Waals surface area contributed by atoms with Crippen LogP contribution in [0.5, 0.6) is 0 Å². The smallest absolute Gasteiger partial charge is 0.329 e. The maximum atomic E-state index is 11.4. The second-order valence-corrected chi connectivity index (χ2v) is 9.07. The van der Waals surface area contributed by atoms with Gasteiger partial charge in [-0.15, -0.1) is 0 Å². The highest BCUT2D eigenvalue weighted by Crippen LogP contribution is 2.40. The minimum absolute atomic E-state index is 0.0439. The lowest BCUT2D eigenvalue weighted by Gasteiger charge is -2.12. The van der Waals surface area contributed by atoms with Crippen molar-refractivity contribution in [2.75, 3.05) is 19.3 Å². The third kappa shape index (κ3) is 18.6. The van der Waals surface area contributed by atoms with Gasteiger partial charge < -0.3 is 20.3 Å². The average Bonchev–Trinajstić information content (AvgIpc) is 2.58. The molecule has 0 aliphatic rings. The highest BCUT2D eigenvalue weighted by Gasteiger charge is 2.17. The summed E-state index contributed by atoms with van der Waals surface area (Å²) in [4.78, 5) is 9.38. The minimum Gasteiger partial charge on any atom is -0.389 e. The van der Waals surface area contributed by atoms with Crippen LogP contribution in [-0.4, -0.2) is 35.4 Å². The summed E-state index contributed by atoms with van der Waals surface area (Å²) in [5.41, 5.74) is 5.24. The Labute approximate surface area is 160 Å². The van der Waals surface area contributed by atoms with E-state index in [4.69, 9.17) is 10.3 Å². The number of hydrogen-bond acceptors (Lipinski definition) is 4. The first kappa shape index (κ1) is 25.8. The molecule has 1 unspecified atom stereocenters. The van der Waals surface area contributed by atoms with E-state index in [1.54, 1.807) is 6.08 Å². The van der Waals surface area contributed by atoms with Gasteiger partial charge in [-0.2, -0.15) is 0 Å². The zero-order chi connectivity index (χ0) is 19.5. The Kier molecular flexibility index (Phi) is 18.1. The van der Waals surface area contributed by atoms with Gasteiger partial charge in [-0.05, 0) is 12.8 Å². The van der Waals surface area contributed by atoms with E-state index in [0.29, 0.717) is 6.42 Å². The van der Waals surface area contributed by atoms with Crippen molar-refractivity contribution in [3.8, 4) is 0 Å². The highest BCUT2D eigenvalue weighted by atomic mass is 31.2. The molecule has 4 N–H and O–H groups in total. The summed E-state index contributed by atoms with van der Waals surface area (Å²) in [7, 11) is -3.57. The maximum Gasteiger partial charge on any atom is 0.329 e. The van der Waals surface area contributed by atoms with Crippen LogP contribution in [0.15, 0.2) is 12.2 Å². The van der Waals surface area contributed by atoms with Crippen molar-refractivity contribution in [1.82, 2.24) is 0 Å². The van der Waals surface area contributed by atoms with E-state index in [-0.39, 0.29) is 19.3 Å². The van der Waals surface area contributed by atoms with Gasteiger partial charge in [0.2, 0.25) is 0 Å². The lowest BCUT2D eigenvalue weighted by molar-refractivity contribution is 0.170. The number of allylic oxidation sites excluding steroid dienone is 1. The van der Waals surface area contributed by atoms with Crippen LogP contribution in [0.1, 0.15) is 90.4 Å². The molecule has 0 aromatic carbocycles. The second-order valence-electron chi connectivity index (χ2n) is 7.09. The van der Waals surface area contributed by atoms with E-state index in [1.807, 2.05) is 6.08 Å². The number of rotatable bonds is 19. The zero-order valence-electron chi connectivity index (χ0n) is 16.8. The summed E-state index contributed by atoms with van der Waals surface area (Å²) in [6.07, 6.45) is 19.0. The van der Waals surface area contributed by atoms with Gasteiger partial charge >= 0.3 is 7.60 Å². The largest absolute Gasteiger partial charge is 0.389 e. The molecule has 2 atom stereocenters. The quantitative estimate of drug-likeness (QED) is 0.161.